The summed E-state index contributed by atoms with van der Waals surface area (Å²) in [5.74, 6) is 0.377. The molecule has 1 saturated carbocycles. The van der Waals surface area contributed by atoms with Crippen LogP contribution in [0.3, 0.4) is 0 Å². The molecule has 1 amide bonds. The average Bonchev–Trinajstić information content (AvgIpc) is 3.16. The Hall–Kier alpha value is -1.21. The van der Waals surface area contributed by atoms with E-state index in [-0.39, 0.29) is 36.6 Å². The summed E-state index contributed by atoms with van der Waals surface area (Å²) in [6.07, 6.45) is 4.78. The van der Waals surface area contributed by atoms with Crippen molar-refractivity contribution in [2.24, 2.45) is 17.6 Å². The lowest BCUT2D eigenvalue weighted by Gasteiger charge is -2.16. The number of hydrogen-bond acceptors (Lipinski definition) is 5. The Morgan fingerprint density at radius 3 is 2.83 bits per heavy atom. The number of carbonyl (C=O) groups excluding carboxylic acids is 1. The van der Waals surface area contributed by atoms with Gasteiger partial charge in [0, 0.05) is 17.5 Å². The molecule has 0 bridgehead atoms. The predicted molar refractivity (Wildman–Crippen MR) is 98.4 cm³/mol. The fourth-order valence-corrected chi connectivity index (χ4v) is 3.53. The first-order valence-electron chi connectivity index (χ1n) is 7.16. The van der Waals surface area contributed by atoms with E-state index in [4.69, 9.17) is 5.73 Å². The lowest BCUT2D eigenvalue weighted by molar-refractivity contribution is -0.120. The number of pyridine rings is 1. The van der Waals surface area contributed by atoms with Crippen LogP contribution in [-0.2, 0) is 4.79 Å². The van der Waals surface area contributed by atoms with Crippen LogP contribution in [0.2, 0.25) is 0 Å². The first kappa shape index (κ1) is 19.8. The van der Waals surface area contributed by atoms with Crippen molar-refractivity contribution in [2.45, 2.75) is 19.3 Å². The molecule has 1 fully saturated rings. The number of nitrogens with zero attached hydrogens (tertiary/aromatic N) is 2. The van der Waals surface area contributed by atoms with Crippen LogP contribution >= 0.6 is 36.2 Å². The van der Waals surface area contributed by atoms with E-state index in [1.165, 1.54) is 11.3 Å². The van der Waals surface area contributed by atoms with Gasteiger partial charge in [-0.1, -0.05) is 12.5 Å². The smallest absolute Gasteiger partial charge is 0.229 e. The highest BCUT2D eigenvalue weighted by molar-refractivity contribution is 7.14. The molecule has 1 aliphatic rings. The molecule has 0 aromatic carbocycles. The molecule has 2 aromatic rings. The average molecular weight is 375 g/mol. The molecule has 23 heavy (non-hydrogen) atoms. The Balaban J connectivity index is 0.00000132. The number of aromatic nitrogens is 2. The van der Waals surface area contributed by atoms with E-state index in [0.717, 1.165) is 30.7 Å². The first-order chi connectivity index (χ1) is 10.3. The summed E-state index contributed by atoms with van der Waals surface area (Å²) in [4.78, 5) is 21.0. The van der Waals surface area contributed by atoms with Crippen molar-refractivity contribution in [3.05, 3.63) is 29.8 Å². The number of thiazole rings is 1. The Bertz CT molecular complexity index is 623. The molecule has 8 heteroatoms. The highest BCUT2D eigenvalue weighted by Crippen LogP contribution is 2.32. The van der Waals surface area contributed by atoms with Crippen molar-refractivity contribution < 1.29 is 4.79 Å². The minimum Gasteiger partial charge on any atom is -0.330 e. The van der Waals surface area contributed by atoms with Gasteiger partial charge >= 0.3 is 0 Å². The number of anilines is 1. The van der Waals surface area contributed by atoms with E-state index < -0.39 is 0 Å². The fraction of sp³-hybridized carbons (Fsp3) is 0.400. The molecule has 0 saturated heterocycles. The van der Waals surface area contributed by atoms with Crippen molar-refractivity contribution in [1.29, 1.82) is 0 Å². The van der Waals surface area contributed by atoms with Gasteiger partial charge in [-0.05, 0) is 37.4 Å². The summed E-state index contributed by atoms with van der Waals surface area (Å²) in [5.41, 5.74) is 7.34. The molecule has 1 aliphatic carbocycles. The maximum Gasteiger partial charge on any atom is 0.229 e. The maximum absolute atomic E-state index is 12.3. The van der Waals surface area contributed by atoms with Crippen molar-refractivity contribution in [3.8, 4) is 11.4 Å². The van der Waals surface area contributed by atoms with Gasteiger partial charge in [-0.3, -0.25) is 9.78 Å². The van der Waals surface area contributed by atoms with Gasteiger partial charge in [-0.25, -0.2) is 4.98 Å². The van der Waals surface area contributed by atoms with Crippen LogP contribution in [0.1, 0.15) is 19.3 Å². The fourth-order valence-electron chi connectivity index (χ4n) is 2.83. The van der Waals surface area contributed by atoms with E-state index in [9.17, 15) is 4.79 Å². The van der Waals surface area contributed by atoms with Crippen LogP contribution in [0.15, 0.2) is 29.8 Å². The van der Waals surface area contributed by atoms with Gasteiger partial charge in [-0.2, -0.15) is 0 Å². The Morgan fingerprint density at radius 1 is 1.30 bits per heavy atom. The van der Waals surface area contributed by atoms with Gasteiger partial charge in [-0.15, -0.1) is 36.2 Å². The highest BCUT2D eigenvalue weighted by atomic mass is 35.5. The number of rotatable bonds is 4. The SMILES string of the molecule is Cl.Cl.NC[C@H]1CCC[C@H]1C(=O)Nc1nc(-c2ccccn2)cs1. The van der Waals surface area contributed by atoms with Crippen LogP contribution in [0.5, 0.6) is 0 Å². The molecule has 2 atom stereocenters. The number of hydrogen-bond donors (Lipinski definition) is 2. The van der Waals surface area contributed by atoms with E-state index in [2.05, 4.69) is 15.3 Å². The second-order valence-electron chi connectivity index (χ2n) is 5.28. The summed E-state index contributed by atoms with van der Waals surface area (Å²) in [6.45, 7) is 0.579. The van der Waals surface area contributed by atoms with Gasteiger partial charge < -0.3 is 11.1 Å². The zero-order valence-electron chi connectivity index (χ0n) is 12.5. The lowest BCUT2D eigenvalue weighted by atomic mass is 9.95. The third kappa shape index (κ3) is 4.64. The second kappa shape index (κ2) is 9.17. The third-order valence-electron chi connectivity index (χ3n) is 3.96. The molecule has 126 valence electrons. The number of carbonyl (C=O) groups is 1. The summed E-state index contributed by atoms with van der Waals surface area (Å²) in [7, 11) is 0. The number of halogens is 2. The topological polar surface area (TPSA) is 80.9 Å². The van der Waals surface area contributed by atoms with Gasteiger partial charge in [0.1, 0.15) is 5.69 Å². The molecule has 0 spiro atoms. The Morgan fingerprint density at radius 2 is 2.13 bits per heavy atom. The molecule has 5 nitrogen and oxygen atoms in total. The number of nitrogens with one attached hydrogen (secondary N) is 1. The van der Waals surface area contributed by atoms with Gasteiger partial charge in [0.25, 0.3) is 0 Å². The van der Waals surface area contributed by atoms with Gasteiger partial charge in [0.15, 0.2) is 5.13 Å². The van der Waals surface area contributed by atoms with Gasteiger partial charge in [0.2, 0.25) is 5.91 Å². The molecule has 2 aromatic heterocycles. The Labute approximate surface area is 151 Å². The minimum absolute atomic E-state index is 0. The lowest BCUT2D eigenvalue weighted by Crippen LogP contribution is -2.29. The summed E-state index contributed by atoms with van der Waals surface area (Å²) < 4.78 is 0. The molecule has 3 N–H and O–H groups in total. The molecule has 2 heterocycles. The second-order valence-corrected chi connectivity index (χ2v) is 6.13. The minimum atomic E-state index is 0. The van der Waals surface area contributed by atoms with Crippen LogP contribution < -0.4 is 11.1 Å². The molecule has 0 radical (unpaired) electrons. The molecule has 0 aliphatic heterocycles. The molecule has 0 unspecified atom stereocenters. The third-order valence-corrected chi connectivity index (χ3v) is 4.72. The van der Waals surface area contributed by atoms with Crippen LogP contribution in [0.25, 0.3) is 11.4 Å². The zero-order chi connectivity index (χ0) is 14.7. The van der Waals surface area contributed by atoms with Crippen molar-refractivity contribution in [1.82, 2.24) is 9.97 Å². The summed E-state index contributed by atoms with van der Waals surface area (Å²) in [5, 5.41) is 5.46. The first-order valence-corrected chi connectivity index (χ1v) is 8.03. The number of amides is 1. The maximum atomic E-state index is 12.3. The van der Waals surface area contributed by atoms with Gasteiger partial charge in [0.05, 0.1) is 5.69 Å². The molecular weight excluding hydrogens is 355 g/mol. The normalized spacial score (nSPS) is 19.5. The van der Waals surface area contributed by atoms with Crippen LogP contribution in [-0.4, -0.2) is 22.4 Å². The monoisotopic (exact) mass is 374 g/mol. The largest absolute Gasteiger partial charge is 0.330 e. The molecule has 3 rings (SSSR count). The summed E-state index contributed by atoms with van der Waals surface area (Å²) >= 11 is 1.43. The van der Waals surface area contributed by atoms with E-state index in [1.807, 2.05) is 23.6 Å². The van der Waals surface area contributed by atoms with Crippen molar-refractivity contribution in [3.63, 3.8) is 0 Å². The van der Waals surface area contributed by atoms with Crippen LogP contribution in [0.4, 0.5) is 5.13 Å². The number of nitrogens with two attached hydrogens (primary N) is 1. The zero-order valence-corrected chi connectivity index (χ0v) is 14.9. The summed E-state index contributed by atoms with van der Waals surface area (Å²) in [6, 6.07) is 5.69. The van der Waals surface area contributed by atoms with Crippen LogP contribution in [0, 0.1) is 11.8 Å². The Kier molecular flexibility index (Phi) is 7.91. The standard InChI is InChI=1S/C15H18N4OS.2ClH/c16-8-10-4-3-5-11(10)14(20)19-15-18-13(9-21-15)12-6-1-2-7-17-12;;/h1-2,6-7,9-11H,3-5,8,16H2,(H,18,19,20);2*1H/t10-,11-;;/m1../s1. The van der Waals surface area contributed by atoms with E-state index >= 15 is 0 Å². The van der Waals surface area contributed by atoms with E-state index in [1.54, 1.807) is 6.20 Å². The quantitative estimate of drug-likeness (QED) is 0.859. The highest BCUT2D eigenvalue weighted by Gasteiger charge is 2.32. The van der Waals surface area contributed by atoms with Crippen molar-refractivity contribution in [2.75, 3.05) is 11.9 Å². The predicted octanol–water partition coefficient (Wildman–Crippen LogP) is 3.36. The van der Waals surface area contributed by atoms with E-state index in [0.29, 0.717) is 17.6 Å². The molecular formula is C15H20Cl2N4OS. The van der Waals surface area contributed by atoms with Crippen molar-refractivity contribution >= 4 is 47.2 Å².